The van der Waals surface area contributed by atoms with Crippen LogP contribution in [0.2, 0.25) is 0 Å². The highest BCUT2D eigenvalue weighted by molar-refractivity contribution is 7.22. The average molecular weight is 834 g/mol. The standard InChI is InChI=1S/C46H47N3O10S/c1-2-43(51)56-28-11-4-3-10-27-54-37-20-22-38(23-21-37)58-44(52)33-16-18-34(19-17-33)45(53)59-41-25-24-39(57-32-50)30-35(41)31-47-49(26-29-55-36-12-6-5-7-13-36)46-48-40-14-8-9-15-42(40)60-46/h2,5-9,12-15,20-25,30-34H,1,3-4,10-11,16-19,26-29H2/b47-31+/t33-,34-. The van der Waals surface area contributed by atoms with Crippen molar-refractivity contribution < 1.29 is 47.6 Å². The lowest BCUT2D eigenvalue weighted by atomic mass is 9.82. The van der Waals surface area contributed by atoms with Gasteiger partial charge in [-0.3, -0.25) is 14.4 Å². The summed E-state index contributed by atoms with van der Waals surface area (Å²) in [5, 5.41) is 7.11. The van der Waals surface area contributed by atoms with E-state index in [0.717, 1.165) is 47.7 Å². The van der Waals surface area contributed by atoms with E-state index in [2.05, 4.69) is 6.58 Å². The molecule has 0 unspecified atom stereocenters. The van der Waals surface area contributed by atoms with E-state index in [1.54, 1.807) is 41.4 Å². The Hall–Kier alpha value is -6.54. The molecule has 0 amide bonds. The summed E-state index contributed by atoms with van der Waals surface area (Å²) in [5.41, 5.74) is 1.25. The smallest absolute Gasteiger partial charge is 0.330 e. The van der Waals surface area contributed by atoms with Gasteiger partial charge in [-0.2, -0.15) is 5.10 Å². The van der Waals surface area contributed by atoms with E-state index in [1.807, 2.05) is 54.6 Å². The maximum atomic E-state index is 13.5. The van der Waals surface area contributed by atoms with Crippen molar-refractivity contribution in [3.63, 3.8) is 0 Å². The van der Waals surface area contributed by atoms with Crippen LogP contribution in [-0.2, 0) is 23.9 Å². The fourth-order valence-corrected chi connectivity index (χ4v) is 7.41. The SMILES string of the molecule is C=CC(=O)OCCCCCCOc1ccc(OC(=O)[C@H]2CC[C@H](C(=O)Oc3ccc(OC=O)cc3/C=N/N(CCOc3ccccc3)c3nc4ccccc4s3)CC2)cc1. The van der Waals surface area contributed by atoms with Crippen LogP contribution in [0.5, 0.6) is 28.7 Å². The third-order valence-corrected chi connectivity index (χ3v) is 10.7. The number of carbonyl (C=O) groups excluding carboxylic acids is 4. The van der Waals surface area contributed by atoms with E-state index in [0.29, 0.717) is 80.7 Å². The van der Waals surface area contributed by atoms with Gasteiger partial charge in [-0.05, 0) is 118 Å². The Bertz CT molecular complexity index is 2190. The lowest BCUT2D eigenvalue weighted by Crippen LogP contribution is -2.30. The Morgan fingerprint density at radius 1 is 0.733 bits per heavy atom. The van der Waals surface area contributed by atoms with Gasteiger partial charge < -0.3 is 28.4 Å². The number of hydrogen-bond donors (Lipinski definition) is 0. The van der Waals surface area contributed by atoms with Crippen LogP contribution in [0.15, 0.2) is 115 Å². The fourth-order valence-electron chi connectivity index (χ4n) is 6.46. The number of carbonyl (C=O) groups is 4. The summed E-state index contributed by atoms with van der Waals surface area (Å²) in [6.45, 7) is 5.30. The van der Waals surface area contributed by atoms with E-state index in [9.17, 15) is 19.2 Å². The molecule has 60 heavy (non-hydrogen) atoms. The number of hydrazone groups is 1. The number of aromatic nitrogens is 1. The quantitative estimate of drug-likeness (QED) is 0.0125. The monoisotopic (exact) mass is 833 g/mol. The minimum absolute atomic E-state index is 0.240. The first-order valence-corrected chi connectivity index (χ1v) is 20.7. The van der Waals surface area contributed by atoms with Crippen molar-refractivity contribution in [1.82, 2.24) is 4.98 Å². The van der Waals surface area contributed by atoms with Gasteiger partial charge in [0.15, 0.2) is 0 Å². The molecule has 0 N–H and O–H groups in total. The van der Waals surface area contributed by atoms with Crippen LogP contribution in [0.1, 0.15) is 56.9 Å². The lowest BCUT2D eigenvalue weighted by molar-refractivity contribution is -0.145. The Kier molecular flexibility index (Phi) is 16.2. The van der Waals surface area contributed by atoms with Crippen molar-refractivity contribution in [2.24, 2.45) is 16.9 Å². The second kappa shape index (κ2) is 22.6. The van der Waals surface area contributed by atoms with Gasteiger partial charge in [0.1, 0.15) is 35.4 Å². The zero-order chi connectivity index (χ0) is 41.9. The molecular formula is C46H47N3O10S. The third-order valence-electron chi connectivity index (χ3n) is 9.69. The van der Waals surface area contributed by atoms with Crippen LogP contribution >= 0.6 is 11.3 Å². The zero-order valence-electron chi connectivity index (χ0n) is 33.1. The molecule has 1 aromatic heterocycles. The van der Waals surface area contributed by atoms with Crippen molar-refractivity contribution >= 4 is 57.3 Å². The Labute approximate surface area is 352 Å². The highest BCUT2D eigenvalue weighted by atomic mass is 32.1. The second-order valence-electron chi connectivity index (χ2n) is 13.9. The molecule has 13 nitrogen and oxygen atoms in total. The van der Waals surface area contributed by atoms with Crippen LogP contribution in [0.3, 0.4) is 0 Å². The minimum Gasteiger partial charge on any atom is -0.494 e. The molecule has 1 fully saturated rings. The molecule has 0 saturated heterocycles. The third kappa shape index (κ3) is 13.0. The second-order valence-corrected chi connectivity index (χ2v) is 14.9. The maximum Gasteiger partial charge on any atom is 0.330 e. The summed E-state index contributed by atoms with van der Waals surface area (Å²) in [4.78, 5) is 53.6. The number of rotatable bonds is 22. The minimum atomic E-state index is -0.426. The summed E-state index contributed by atoms with van der Waals surface area (Å²) in [6, 6.07) is 28.9. The van der Waals surface area contributed by atoms with Gasteiger partial charge in [0, 0.05) is 11.6 Å². The Morgan fingerprint density at radius 3 is 2.08 bits per heavy atom. The van der Waals surface area contributed by atoms with Crippen LogP contribution in [0.25, 0.3) is 10.2 Å². The molecule has 1 saturated carbocycles. The lowest BCUT2D eigenvalue weighted by Gasteiger charge is -2.26. The highest BCUT2D eigenvalue weighted by Gasteiger charge is 2.32. The molecule has 6 rings (SSSR count). The van der Waals surface area contributed by atoms with E-state index in [-0.39, 0.29) is 23.4 Å². The van der Waals surface area contributed by atoms with Crippen LogP contribution in [-0.4, -0.2) is 61.9 Å². The number of unbranched alkanes of at least 4 members (excludes halogenated alkanes) is 3. The molecule has 0 aliphatic heterocycles. The van der Waals surface area contributed by atoms with Gasteiger partial charge in [-0.1, -0.05) is 48.2 Å². The molecule has 1 aliphatic carbocycles. The number of ether oxygens (including phenoxy) is 6. The number of anilines is 1. The predicted molar refractivity (Wildman–Crippen MR) is 228 cm³/mol. The zero-order valence-corrected chi connectivity index (χ0v) is 34.0. The predicted octanol–water partition coefficient (Wildman–Crippen LogP) is 8.74. The van der Waals surface area contributed by atoms with Gasteiger partial charge >= 0.3 is 17.9 Å². The first-order chi connectivity index (χ1) is 29.4. The van der Waals surface area contributed by atoms with Gasteiger partial charge in [0.2, 0.25) is 5.13 Å². The summed E-state index contributed by atoms with van der Waals surface area (Å²) in [6.07, 6.45) is 8.06. The van der Waals surface area contributed by atoms with Crippen molar-refractivity contribution in [2.45, 2.75) is 51.4 Å². The molecule has 0 radical (unpaired) electrons. The van der Waals surface area contributed by atoms with Crippen LogP contribution in [0, 0.1) is 11.8 Å². The molecule has 0 atom stereocenters. The molecule has 0 spiro atoms. The normalized spacial score (nSPS) is 14.9. The van der Waals surface area contributed by atoms with Crippen molar-refractivity contribution in [3.05, 3.63) is 115 Å². The highest BCUT2D eigenvalue weighted by Crippen LogP contribution is 2.33. The molecule has 312 valence electrons. The average Bonchev–Trinajstić information content (AvgIpc) is 3.72. The number of hydrogen-bond acceptors (Lipinski definition) is 14. The molecular weight excluding hydrogens is 787 g/mol. The molecule has 1 aliphatic rings. The van der Waals surface area contributed by atoms with E-state index >= 15 is 0 Å². The summed E-state index contributed by atoms with van der Waals surface area (Å²) in [7, 11) is 0. The van der Waals surface area contributed by atoms with Crippen LogP contribution < -0.4 is 28.7 Å². The van der Waals surface area contributed by atoms with Gasteiger partial charge in [-0.25, -0.2) is 14.8 Å². The van der Waals surface area contributed by atoms with Crippen molar-refractivity contribution in [1.29, 1.82) is 0 Å². The molecule has 14 heteroatoms. The maximum absolute atomic E-state index is 13.5. The van der Waals surface area contributed by atoms with Gasteiger partial charge in [0.05, 0.1) is 48.0 Å². The Balaban J connectivity index is 1.00. The van der Waals surface area contributed by atoms with E-state index in [4.69, 9.17) is 38.5 Å². The number of esters is 3. The number of thiazole rings is 1. The first kappa shape index (κ1) is 43.0. The topological polar surface area (TPSA) is 152 Å². The van der Waals surface area contributed by atoms with Gasteiger partial charge in [0.25, 0.3) is 6.47 Å². The Morgan fingerprint density at radius 2 is 1.37 bits per heavy atom. The van der Waals surface area contributed by atoms with Gasteiger partial charge in [-0.15, -0.1) is 0 Å². The number of para-hydroxylation sites is 2. The fraction of sp³-hybridized carbons (Fsp3) is 0.304. The number of fused-ring (bicyclic) bond motifs is 1. The molecule has 1 heterocycles. The van der Waals surface area contributed by atoms with Crippen molar-refractivity contribution in [3.8, 4) is 28.7 Å². The van der Waals surface area contributed by atoms with E-state index in [1.165, 1.54) is 23.6 Å². The summed E-state index contributed by atoms with van der Waals surface area (Å²) in [5.74, 6) is 0.356. The van der Waals surface area contributed by atoms with E-state index < -0.39 is 17.9 Å². The molecule has 5 aromatic rings. The number of benzene rings is 4. The molecule has 4 aromatic carbocycles. The molecule has 0 bridgehead atoms. The largest absolute Gasteiger partial charge is 0.494 e. The number of nitrogens with zero attached hydrogens (tertiary/aromatic N) is 3. The summed E-state index contributed by atoms with van der Waals surface area (Å²) >= 11 is 1.48. The first-order valence-electron chi connectivity index (χ1n) is 19.9. The summed E-state index contributed by atoms with van der Waals surface area (Å²) < 4.78 is 34.4. The van der Waals surface area contributed by atoms with Crippen molar-refractivity contribution in [2.75, 3.05) is 31.4 Å². The van der Waals surface area contributed by atoms with Crippen LogP contribution in [0.4, 0.5) is 5.13 Å².